The smallest absolute Gasteiger partial charge is 0.152 e. The molecule has 6 heteroatoms. The van der Waals surface area contributed by atoms with Crippen LogP contribution in [0.3, 0.4) is 0 Å². The van der Waals surface area contributed by atoms with E-state index >= 15 is 0 Å². The number of nitrogens with one attached hydrogen (secondary N) is 1. The summed E-state index contributed by atoms with van der Waals surface area (Å²) in [5.41, 5.74) is 7.36. The molecule has 6 nitrogen and oxygen atoms in total. The first-order valence-electron chi connectivity index (χ1n) is 10.2. The van der Waals surface area contributed by atoms with E-state index in [0.717, 1.165) is 22.6 Å². The maximum absolute atomic E-state index is 9.17. The third kappa shape index (κ3) is 3.31. The quantitative estimate of drug-likeness (QED) is 0.692. The van der Waals surface area contributed by atoms with Crippen LogP contribution in [0.15, 0.2) is 41.6 Å². The molecule has 1 N–H and O–H groups in total. The van der Waals surface area contributed by atoms with Gasteiger partial charge in [-0.15, -0.1) is 0 Å². The second-order valence-electron chi connectivity index (χ2n) is 8.03. The number of benzene rings is 2. The topological polar surface area (TPSA) is 65.6 Å². The fourth-order valence-electron chi connectivity index (χ4n) is 4.36. The van der Waals surface area contributed by atoms with Crippen molar-refractivity contribution in [2.45, 2.75) is 33.6 Å². The molecule has 0 amide bonds. The molecular formula is C24H27N5O. The van der Waals surface area contributed by atoms with Gasteiger partial charge in [0.1, 0.15) is 11.8 Å². The minimum Gasteiger partial charge on any atom is -0.496 e. The summed E-state index contributed by atoms with van der Waals surface area (Å²) in [4.78, 5) is 0. The largest absolute Gasteiger partial charge is 0.496 e. The fourth-order valence-corrected chi connectivity index (χ4v) is 4.36. The van der Waals surface area contributed by atoms with Crippen LogP contribution in [0.25, 0.3) is 16.6 Å². The summed E-state index contributed by atoms with van der Waals surface area (Å²) in [5.74, 6) is 1.30. The Morgan fingerprint density at radius 3 is 2.53 bits per heavy atom. The van der Waals surface area contributed by atoms with Gasteiger partial charge in [0, 0.05) is 17.1 Å². The van der Waals surface area contributed by atoms with Gasteiger partial charge in [0.2, 0.25) is 0 Å². The number of hydrazone groups is 1. The van der Waals surface area contributed by atoms with E-state index in [1.165, 1.54) is 22.2 Å². The number of nitrogens with zero attached hydrogens (tertiary/aromatic N) is 4. The van der Waals surface area contributed by atoms with E-state index in [4.69, 9.17) is 4.74 Å². The van der Waals surface area contributed by atoms with Crippen LogP contribution in [-0.4, -0.2) is 30.6 Å². The van der Waals surface area contributed by atoms with Crippen molar-refractivity contribution in [1.29, 1.82) is 5.26 Å². The molecule has 0 spiro atoms. The minimum atomic E-state index is 0.364. The van der Waals surface area contributed by atoms with Crippen molar-refractivity contribution in [1.82, 2.24) is 9.88 Å². The first-order chi connectivity index (χ1) is 14.4. The van der Waals surface area contributed by atoms with Crippen molar-refractivity contribution in [3.63, 3.8) is 0 Å². The first kappa shape index (κ1) is 20.0. The SMILES string of the molecule is COc1ccc2c(ccn2-c2c(C)cc(N3CNCC(C#N)=N3)cc2C)c1C(C)C. The molecule has 1 aliphatic heterocycles. The second-order valence-corrected chi connectivity index (χ2v) is 8.03. The van der Waals surface area contributed by atoms with E-state index in [-0.39, 0.29) is 0 Å². The number of anilines is 1. The molecule has 0 saturated heterocycles. The predicted molar refractivity (Wildman–Crippen MR) is 122 cm³/mol. The number of fused-ring (bicyclic) bond motifs is 1. The predicted octanol–water partition coefficient (Wildman–Crippen LogP) is 4.63. The van der Waals surface area contributed by atoms with E-state index in [0.29, 0.717) is 24.8 Å². The molecule has 0 saturated carbocycles. The van der Waals surface area contributed by atoms with Crippen molar-refractivity contribution < 1.29 is 4.74 Å². The van der Waals surface area contributed by atoms with E-state index in [2.05, 4.69) is 85.3 Å². The highest BCUT2D eigenvalue weighted by atomic mass is 16.5. The van der Waals surface area contributed by atoms with Crippen LogP contribution in [0.1, 0.15) is 36.5 Å². The molecule has 1 aromatic heterocycles. The molecule has 0 atom stereocenters. The lowest BCUT2D eigenvalue weighted by Crippen LogP contribution is -2.40. The Balaban J connectivity index is 1.83. The third-order valence-electron chi connectivity index (χ3n) is 5.61. The normalized spacial score (nSPS) is 14.2. The molecule has 2 aromatic carbocycles. The van der Waals surface area contributed by atoms with Gasteiger partial charge >= 0.3 is 0 Å². The number of aryl methyl sites for hydroxylation is 2. The standard InChI is InChI=1S/C24H27N5O/c1-15(2)23-20-8-9-28(21(20)6-7-22(23)30-5)24-16(3)10-19(11-17(24)4)29-14-26-13-18(12-25)27-29/h6-11,15,26H,13-14H2,1-5H3. The Bertz CT molecular complexity index is 1160. The number of rotatable bonds is 4. The monoisotopic (exact) mass is 401 g/mol. The summed E-state index contributed by atoms with van der Waals surface area (Å²) >= 11 is 0. The van der Waals surface area contributed by atoms with Crippen molar-refractivity contribution >= 4 is 22.3 Å². The van der Waals surface area contributed by atoms with Crippen LogP contribution < -0.4 is 15.1 Å². The minimum absolute atomic E-state index is 0.364. The summed E-state index contributed by atoms with van der Waals surface area (Å²) in [6.45, 7) is 9.74. The highest BCUT2D eigenvalue weighted by Gasteiger charge is 2.19. The van der Waals surface area contributed by atoms with E-state index in [9.17, 15) is 5.26 Å². The van der Waals surface area contributed by atoms with Gasteiger partial charge in [0.15, 0.2) is 5.71 Å². The first-order valence-corrected chi connectivity index (χ1v) is 10.2. The van der Waals surface area contributed by atoms with Crippen LogP contribution in [0.4, 0.5) is 5.69 Å². The van der Waals surface area contributed by atoms with Crippen LogP contribution in [-0.2, 0) is 0 Å². The highest BCUT2D eigenvalue weighted by molar-refractivity contribution is 6.01. The average molecular weight is 402 g/mol. The number of ether oxygens (including phenoxy) is 1. The van der Waals surface area contributed by atoms with E-state index in [1.54, 1.807) is 7.11 Å². The lowest BCUT2D eigenvalue weighted by atomic mass is 9.98. The zero-order valence-corrected chi connectivity index (χ0v) is 18.2. The average Bonchev–Trinajstić information content (AvgIpc) is 3.15. The molecule has 0 bridgehead atoms. The number of hydrogen-bond acceptors (Lipinski definition) is 5. The van der Waals surface area contributed by atoms with Gasteiger partial charge in [-0.3, -0.25) is 10.3 Å². The number of nitriles is 1. The van der Waals surface area contributed by atoms with Crippen molar-refractivity contribution in [3.05, 3.63) is 53.2 Å². The molecule has 30 heavy (non-hydrogen) atoms. The number of methoxy groups -OCH3 is 1. The zero-order valence-electron chi connectivity index (χ0n) is 18.2. The number of hydrogen-bond donors (Lipinski definition) is 1. The second kappa shape index (κ2) is 7.85. The Morgan fingerprint density at radius 1 is 1.17 bits per heavy atom. The van der Waals surface area contributed by atoms with Crippen LogP contribution in [0.2, 0.25) is 0 Å². The van der Waals surface area contributed by atoms with Gasteiger partial charge in [0.25, 0.3) is 0 Å². The third-order valence-corrected chi connectivity index (χ3v) is 5.61. The van der Waals surface area contributed by atoms with Crippen molar-refractivity contribution in [2.75, 3.05) is 25.3 Å². The van der Waals surface area contributed by atoms with Crippen LogP contribution >= 0.6 is 0 Å². The highest BCUT2D eigenvalue weighted by Crippen LogP contribution is 2.37. The summed E-state index contributed by atoms with van der Waals surface area (Å²) in [6, 6.07) is 12.8. The maximum Gasteiger partial charge on any atom is 0.152 e. The van der Waals surface area contributed by atoms with Gasteiger partial charge in [-0.2, -0.15) is 10.4 Å². The molecule has 4 rings (SSSR count). The lowest BCUT2D eigenvalue weighted by Gasteiger charge is -2.26. The number of aromatic nitrogens is 1. The molecule has 2 heterocycles. The molecule has 1 aliphatic rings. The Hall–Kier alpha value is -3.30. The van der Waals surface area contributed by atoms with Gasteiger partial charge in [-0.25, -0.2) is 0 Å². The van der Waals surface area contributed by atoms with Gasteiger partial charge in [0.05, 0.1) is 37.2 Å². The molecular weight excluding hydrogens is 374 g/mol. The fraction of sp³-hybridized carbons (Fsp3) is 0.333. The lowest BCUT2D eigenvalue weighted by molar-refractivity contribution is 0.408. The van der Waals surface area contributed by atoms with Crippen LogP contribution in [0.5, 0.6) is 5.75 Å². The van der Waals surface area contributed by atoms with Gasteiger partial charge in [-0.1, -0.05) is 13.8 Å². The molecule has 0 fully saturated rings. The Labute approximate surface area is 177 Å². The maximum atomic E-state index is 9.17. The summed E-state index contributed by atoms with van der Waals surface area (Å²) < 4.78 is 7.88. The van der Waals surface area contributed by atoms with Gasteiger partial charge in [-0.05, 0) is 61.2 Å². The van der Waals surface area contributed by atoms with E-state index < -0.39 is 0 Å². The van der Waals surface area contributed by atoms with Crippen LogP contribution in [0, 0.1) is 25.2 Å². The summed E-state index contributed by atoms with van der Waals surface area (Å²) in [7, 11) is 1.73. The van der Waals surface area contributed by atoms with Gasteiger partial charge < -0.3 is 9.30 Å². The summed E-state index contributed by atoms with van der Waals surface area (Å²) in [5, 5.41) is 19.9. The zero-order chi connectivity index (χ0) is 21.4. The summed E-state index contributed by atoms with van der Waals surface area (Å²) in [6.07, 6.45) is 2.14. The Kier molecular flexibility index (Phi) is 5.23. The molecule has 3 aromatic rings. The Morgan fingerprint density at radius 2 is 1.90 bits per heavy atom. The molecule has 0 radical (unpaired) electrons. The van der Waals surface area contributed by atoms with Crippen molar-refractivity contribution in [3.8, 4) is 17.5 Å². The van der Waals surface area contributed by atoms with E-state index in [1.807, 2.05) is 5.01 Å². The molecule has 0 aliphatic carbocycles. The van der Waals surface area contributed by atoms with Crippen molar-refractivity contribution in [2.24, 2.45) is 5.10 Å². The molecule has 154 valence electrons. The molecule has 0 unspecified atom stereocenters.